The van der Waals surface area contributed by atoms with Gasteiger partial charge in [-0.3, -0.25) is 4.57 Å². The van der Waals surface area contributed by atoms with Crippen molar-refractivity contribution in [1.82, 2.24) is 0 Å². The minimum atomic E-state index is -2.24. The highest BCUT2D eigenvalue weighted by molar-refractivity contribution is 7.33. The van der Waals surface area contributed by atoms with Gasteiger partial charge in [0.15, 0.2) is 0 Å². The van der Waals surface area contributed by atoms with Crippen LogP contribution in [0.25, 0.3) is 0 Å². The highest BCUT2D eigenvalue weighted by Crippen LogP contribution is 2.27. The molecule has 0 spiro atoms. The Morgan fingerprint density at radius 2 is 0.222 bits per heavy atom. The average molecular weight is 1300 g/mol. The van der Waals surface area contributed by atoms with Crippen LogP contribution >= 0.6 is 8.25 Å². The fraction of sp³-hybridized carbons (Fsp3) is 1.00. The Labute approximate surface area is 580 Å². The summed E-state index contributed by atoms with van der Waals surface area (Å²) in [5.74, 6) is 0. The van der Waals surface area contributed by atoms with Crippen LogP contribution in [0.4, 0.5) is 0 Å². The van der Waals surface area contributed by atoms with Crippen LogP contribution in [0.2, 0.25) is 0 Å². The predicted octanol–water partition coefficient (Wildman–Crippen LogP) is 35.4. The van der Waals surface area contributed by atoms with Crippen LogP contribution in [0.3, 0.4) is 0 Å². The smallest absolute Gasteiger partial charge is 0.308 e. The first-order valence-electron chi connectivity index (χ1n) is 42.7. The van der Waals surface area contributed by atoms with Gasteiger partial charge >= 0.3 is 8.25 Å². The largest absolute Gasteiger partial charge is 0.319 e. The van der Waals surface area contributed by atoms with E-state index in [1.807, 2.05) is 27.7 Å². The zero-order chi connectivity index (χ0) is 69.4. The molecule has 558 valence electrons. The molecule has 0 saturated heterocycles. The minimum Gasteiger partial charge on any atom is -0.308 e. The summed E-state index contributed by atoms with van der Waals surface area (Å²) in [5, 5.41) is 0. The number of unbranched alkanes of at least 4 members (excludes halogenated alkanes) is 56. The maximum absolute atomic E-state index is 10.8. The molecule has 4 heteroatoms. The van der Waals surface area contributed by atoms with Crippen LogP contribution in [0.15, 0.2) is 0 Å². The van der Waals surface area contributed by atoms with Crippen LogP contribution in [0.5, 0.6) is 0 Å². The molecule has 0 aromatic heterocycles. The lowest BCUT2D eigenvalue weighted by atomic mass is 10.1. The Morgan fingerprint density at radius 1 is 0.156 bits per heavy atom. The van der Waals surface area contributed by atoms with Crippen LogP contribution in [0.1, 0.15) is 549 Å². The Bertz CT molecular complexity index is 731. The monoisotopic (exact) mass is 1300 g/mol. The molecule has 3 nitrogen and oxygen atoms in total. The van der Waals surface area contributed by atoms with Crippen molar-refractivity contribution in [1.29, 1.82) is 0 Å². The second-order valence-electron chi connectivity index (χ2n) is 27.6. The highest BCUT2D eigenvalue weighted by Gasteiger charge is 2.04. The van der Waals surface area contributed by atoms with Gasteiger partial charge < -0.3 is 9.05 Å². The van der Waals surface area contributed by atoms with Crippen molar-refractivity contribution in [2.75, 3.05) is 0 Å². The van der Waals surface area contributed by atoms with Gasteiger partial charge in [-0.15, -0.1) is 0 Å². The maximum Gasteiger partial charge on any atom is 0.319 e. The molecule has 0 unspecified atom stereocenters. The Hall–Kier alpha value is 0.150. The van der Waals surface area contributed by atoms with E-state index in [9.17, 15) is 4.57 Å². The molecule has 0 aromatic carbocycles. The van der Waals surface area contributed by atoms with Gasteiger partial charge in [0, 0.05) is 0 Å². The van der Waals surface area contributed by atoms with E-state index in [1.165, 1.54) is 411 Å². The molecular formula is C86H191O3P. The van der Waals surface area contributed by atoms with Gasteiger partial charge in [0.1, 0.15) is 0 Å². The van der Waals surface area contributed by atoms with Gasteiger partial charge in [-0.05, 0) is 27.7 Å². The van der Waals surface area contributed by atoms with Gasteiger partial charge in [-0.2, -0.15) is 0 Å². The molecule has 0 saturated carbocycles. The maximum atomic E-state index is 10.8. The van der Waals surface area contributed by atoms with E-state index >= 15 is 0 Å². The van der Waals surface area contributed by atoms with E-state index in [4.69, 9.17) is 9.05 Å². The summed E-state index contributed by atoms with van der Waals surface area (Å²) in [6, 6.07) is 0. The Morgan fingerprint density at radius 3 is 0.278 bits per heavy atom. The minimum absolute atomic E-state index is 0.0230. The fourth-order valence-corrected chi connectivity index (χ4v) is 10.9. The van der Waals surface area contributed by atoms with Gasteiger partial charge in [-0.25, -0.2) is 0 Å². The standard InChI is InChI=1S/8C10H22.C6H15O3P/c8*1-3-5-7-9-10-8-6-4-2;1-5(2)8-10(7)9-6(3)4/h8*3-10H2,1-2H3;5-6,10H,1-4H3. The molecule has 0 aromatic rings. The molecule has 0 fully saturated rings. The lowest BCUT2D eigenvalue weighted by Gasteiger charge is -2.09. The summed E-state index contributed by atoms with van der Waals surface area (Å²) in [6.45, 7) is 43.6. The first-order valence-corrected chi connectivity index (χ1v) is 43.9. The van der Waals surface area contributed by atoms with Crippen molar-refractivity contribution in [3.8, 4) is 0 Å². The van der Waals surface area contributed by atoms with E-state index in [0.717, 1.165) is 0 Å². The number of rotatable bonds is 60. The van der Waals surface area contributed by atoms with E-state index < -0.39 is 8.25 Å². The first kappa shape index (κ1) is 109. The summed E-state index contributed by atoms with van der Waals surface area (Å²) in [6.07, 6.45) is 91.6. The highest BCUT2D eigenvalue weighted by atomic mass is 31.1. The molecule has 0 rings (SSSR count). The Kier molecular flexibility index (Phi) is 148. The van der Waals surface area contributed by atoms with Crippen molar-refractivity contribution in [3.05, 3.63) is 0 Å². The van der Waals surface area contributed by atoms with Crippen LogP contribution in [-0.2, 0) is 13.6 Å². The lowest BCUT2D eigenvalue weighted by molar-refractivity contribution is 0.161. The van der Waals surface area contributed by atoms with Gasteiger partial charge in [-0.1, -0.05) is 522 Å². The molecule has 0 radical (unpaired) electrons. The third-order valence-corrected chi connectivity index (χ3v) is 17.6. The van der Waals surface area contributed by atoms with Crippen molar-refractivity contribution in [3.63, 3.8) is 0 Å². The fourth-order valence-electron chi connectivity index (χ4n) is 10.1. The molecule has 0 amide bonds. The molecule has 0 aliphatic carbocycles. The van der Waals surface area contributed by atoms with E-state index in [2.05, 4.69) is 111 Å². The van der Waals surface area contributed by atoms with Gasteiger partial charge in [0.2, 0.25) is 0 Å². The SMILES string of the molecule is CC(C)O[PH](=O)OC(C)C.CCCCCCCCCC.CCCCCCCCCC.CCCCCCCCCC.CCCCCCCCCC.CCCCCCCCCC.CCCCCCCCCC.CCCCCCCCCC.CCCCCCCCCC. The zero-order valence-corrected chi connectivity index (χ0v) is 69.1. The third kappa shape index (κ3) is 163. The zero-order valence-electron chi connectivity index (χ0n) is 68.1. The second kappa shape index (κ2) is 123. The van der Waals surface area contributed by atoms with Gasteiger partial charge in [0.05, 0.1) is 12.2 Å². The van der Waals surface area contributed by atoms with Crippen LogP contribution in [-0.4, -0.2) is 12.2 Å². The summed E-state index contributed by atoms with van der Waals surface area (Å²) in [4.78, 5) is 0. The molecule has 0 atom stereocenters. The van der Waals surface area contributed by atoms with E-state index in [-0.39, 0.29) is 12.2 Å². The molecule has 0 aliphatic rings. The predicted molar refractivity (Wildman–Crippen MR) is 428 cm³/mol. The first-order chi connectivity index (χ1) is 43.8. The van der Waals surface area contributed by atoms with Gasteiger partial charge in [0.25, 0.3) is 0 Å². The normalized spacial score (nSPS) is 10.4. The topological polar surface area (TPSA) is 35.5 Å². The summed E-state index contributed by atoms with van der Waals surface area (Å²) >= 11 is 0. The van der Waals surface area contributed by atoms with E-state index in [0.29, 0.717) is 0 Å². The summed E-state index contributed by atoms with van der Waals surface area (Å²) in [5.41, 5.74) is 0. The number of hydrogen-bond donors (Lipinski definition) is 0. The number of hydrogen-bond acceptors (Lipinski definition) is 3. The Balaban J connectivity index is -0.000000117. The molecule has 0 heterocycles. The molecule has 0 bridgehead atoms. The van der Waals surface area contributed by atoms with Crippen molar-refractivity contribution < 1.29 is 13.6 Å². The summed E-state index contributed by atoms with van der Waals surface area (Å²) in [7, 11) is -2.24. The molecule has 90 heavy (non-hydrogen) atoms. The molecular weight excluding hydrogens is 1110 g/mol. The molecule has 0 aliphatic heterocycles. The van der Waals surface area contributed by atoms with Crippen molar-refractivity contribution in [2.45, 2.75) is 562 Å². The average Bonchev–Trinajstić information content (AvgIpc) is 3.59. The summed E-state index contributed by atoms with van der Waals surface area (Å²) < 4.78 is 20.6. The third-order valence-electron chi connectivity index (χ3n) is 16.3. The second-order valence-corrected chi connectivity index (χ2v) is 28.5. The van der Waals surface area contributed by atoms with E-state index in [1.54, 1.807) is 0 Å². The van der Waals surface area contributed by atoms with Crippen molar-refractivity contribution >= 4 is 8.25 Å². The van der Waals surface area contributed by atoms with Crippen LogP contribution < -0.4 is 0 Å². The lowest BCUT2D eigenvalue weighted by Crippen LogP contribution is -2.00. The van der Waals surface area contributed by atoms with Crippen LogP contribution in [0, 0.1) is 0 Å². The quantitative estimate of drug-likeness (QED) is 0.0450. The molecule has 0 N–H and O–H groups in total. The van der Waals surface area contributed by atoms with Crippen molar-refractivity contribution in [2.24, 2.45) is 0 Å².